The van der Waals surface area contributed by atoms with Crippen LogP contribution < -0.4 is 37.2 Å². The Labute approximate surface area is 335 Å². The lowest BCUT2D eigenvalue weighted by atomic mass is 9.96. The second kappa shape index (κ2) is 26.0. The molecule has 0 bridgehead atoms. The van der Waals surface area contributed by atoms with Crippen molar-refractivity contribution in [3.8, 4) is 0 Å². The number of hydrogen-bond donors (Lipinski definition) is 11. The zero-order chi connectivity index (χ0) is 44.2. The summed E-state index contributed by atoms with van der Waals surface area (Å²) in [5, 5.41) is 55.3. The highest BCUT2D eigenvalue weighted by molar-refractivity contribution is 7.98. The number of carbonyl (C=O) groups is 10. The molecule has 0 fully saturated rings. The molecule has 0 heterocycles. The lowest BCUT2D eigenvalue weighted by Crippen LogP contribution is -2.58. The van der Waals surface area contributed by atoms with Gasteiger partial charge in [0.1, 0.15) is 36.3 Å². The number of thioether (sulfide) groups is 1. The molecule has 0 rings (SSSR count). The van der Waals surface area contributed by atoms with Gasteiger partial charge in [0, 0.05) is 13.3 Å². The van der Waals surface area contributed by atoms with Crippen LogP contribution in [-0.2, 0) is 47.9 Å². The standard InChI is InChI=1S/C35H59N7O14S/c1-16(2)13-23(42-32(52)22(11-12-57-8)41-34(54)29(17(3)4)38-20(7)43)25(44)15-26(45)39-24(14-28(48)49)33(53)36-18(5)30(50)40-21(9-10-27(46)47)31(51)37-19(6)35(55)56/h16-19,21-25,29,44H,9-15H2,1-8H3,(H,36,53)(H,37,51)(H,38,43)(H,39,45)(H,40,50)(H,41,54)(H,42,52)(H,46,47)(H,48,49)(H,55,56)/t18-,19-,21-,22-,23?,24-,25?,29-/m0/s1. The normalized spacial score (nSPS) is 15.3. The van der Waals surface area contributed by atoms with E-state index in [0.717, 1.165) is 13.8 Å². The van der Waals surface area contributed by atoms with Gasteiger partial charge in [-0.1, -0.05) is 27.7 Å². The largest absolute Gasteiger partial charge is 0.481 e. The molecule has 324 valence electrons. The summed E-state index contributed by atoms with van der Waals surface area (Å²) in [6.07, 6.45) is -2.11. The van der Waals surface area contributed by atoms with Crippen LogP contribution in [0.15, 0.2) is 0 Å². The minimum Gasteiger partial charge on any atom is -0.481 e. The molecule has 22 heteroatoms. The third kappa shape index (κ3) is 21.2. The van der Waals surface area contributed by atoms with Gasteiger partial charge in [0.15, 0.2) is 0 Å². The van der Waals surface area contributed by atoms with Gasteiger partial charge in [-0.15, -0.1) is 0 Å². The maximum atomic E-state index is 13.5. The van der Waals surface area contributed by atoms with Crippen molar-refractivity contribution in [3.05, 3.63) is 0 Å². The number of carboxylic acid groups (broad SMARTS) is 3. The number of hydrogen-bond acceptors (Lipinski definition) is 12. The fraction of sp³-hybridized carbons (Fsp3) is 0.714. The number of carbonyl (C=O) groups excluding carboxylic acids is 7. The van der Waals surface area contributed by atoms with Gasteiger partial charge in [-0.05, 0) is 57.0 Å². The number of amides is 7. The van der Waals surface area contributed by atoms with Gasteiger partial charge in [0.25, 0.3) is 0 Å². The average molecular weight is 834 g/mol. The molecule has 21 nitrogen and oxygen atoms in total. The van der Waals surface area contributed by atoms with Gasteiger partial charge in [0.05, 0.1) is 25.0 Å². The molecule has 7 amide bonds. The van der Waals surface area contributed by atoms with Gasteiger partial charge < -0.3 is 57.6 Å². The Morgan fingerprint density at radius 1 is 0.579 bits per heavy atom. The summed E-state index contributed by atoms with van der Waals surface area (Å²) in [6, 6.07) is -9.22. The molecule has 0 spiro atoms. The van der Waals surface area contributed by atoms with E-state index in [1.54, 1.807) is 34.0 Å². The predicted octanol–water partition coefficient (Wildman–Crippen LogP) is -1.93. The van der Waals surface area contributed by atoms with Crippen LogP contribution in [0.2, 0.25) is 0 Å². The molecule has 0 radical (unpaired) electrons. The van der Waals surface area contributed by atoms with Crippen molar-refractivity contribution in [2.24, 2.45) is 11.8 Å². The molecule has 0 aliphatic rings. The maximum Gasteiger partial charge on any atom is 0.325 e. The van der Waals surface area contributed by atoms with Gasteiger partial charge in [0.2, 0.25) is 41.4 Å². The van der Waals surface area contributed by atoms with E-state index < -0.39 is 133 Å². The fourth-order valence-corrected chi connectivity index (χ4v) is 5.65. The fourth-order valence-electron chi connectivity index (χ4n) is 5.18. The third-order valence-corrected chi connectivity index (χ3v) is 8.90. The predicted molar refractivity (Wildman–Crippen MR) is 205 cm³/mol. The highest BCUT2D eigenvalue weighted by Gasteiger charge is 2.34. The van der Waals surface area contributed by atoms with Crippen molar-refractivity contribution < 1.29 is 68.4 Å². The second-order valence-corrected chi connectivity index (χ2v) is 15.3. The lowest BCUT2D eigenvalue weighted by Gasteiger charge is -2.29. The Balaban J connectivity index is 5.92. The molecular weight excluding hydrogens is 774 g/mol. The van der Waals surface area contributed by atoms with Gasteiger partial charge >= 0.3 is 17.9 Å². The van der Waals surface area contributed by atoms with E-state index in [2.05, 4.69) is 37.2 Å². The first-order valence-corrected chi connectivity index (χ1v) is 19.7. The van der Waals surface area contributed by atoms with E-state index in [1.807, 2.05) is 0 Å². The quantitative estimate of drug-likeness (QED) is 0.0429. The smallest absolute Gasteiger partial charge is 0.325 e. The first-order chi connectivity index (χ1) is 26.4. The van der Waals surface area contributed by atoms with E-state index in [1.165, 1.54) is 18.7 Å². The Morgan fingerprint density at radius 3 is 1.60 bits per heavy atom. The second-order valence-electron chi connectivity index (χ2n) is 14.3. The summed E-state index contributed by atoms with van der Waals surface area (Å²) >= 11 is 1.42. The zero-order valence-electron chi connectivity index (χ0n) is 33.5. The van der Waals surface area contributed by atoms with Gasteiger partial charge in [-0.3, -0.25) is 47.9 Å². The van der Waals surface area contributed by atoms with E-state index in [-0.39, 0.29) is 24.7 Å². The molecule has 57 heavy (non-hydrogen) atoms. The molecule has 0 aromatic heterocycles. The summed E-state index contributed by atoms with van der Waals surface area (Å²) in [6.45, 7) is 10.6. The monoisotopic (exact) mass is 833 g/mol. The van der Waals surface area contributed by atoms with Gasteiger partial charge in [-0.25, -0.2) is 0 Å². The van der Waals surface area contributed by atoms with Crippen LogP contribution in [-0.4, -0.2) is 140 Å². The number of aliphatic hydroxyl groups excluding tert-OH is 1. The topological polar surface area (TPSA) is 336 Å². The minimum atomic E-state index is -1.78. The van der Waals surface area contributed by atoms with Crippen LogP contribution in [0.3, 0.4) is 0 Å². The molecule has 0 aromatic carbocycles. The Morgan fingerprint density at radius 2 is 1.11 bits per heavy atom. The van der Waals surface area contributed by atoms with Crippen molar-refractivity contribution in [3.63, 3.8) is 0 Å². The summed E-state index contributed by atoms with van der Waals surface area (Å²) in [7, 11) is 0. The third-order valence-electron chi connectivity index (χ3n) is 8.26. The van der Waals surface area contributed by atoms with E-state index in [4.69, 9.17) is 10.2 Å². The highest BCUT2D eigenvalue weighted by Crippen LogP contribution is 2.14. The summed E-state index contributed by atoms with van der Waals surface area (Å²) in [5.41, 5.74) is 0. The SMILES string of the molecule is CSCC[C@H](NC(=O)[C@@H](NC(C)=O)C(C)C)C(=O)NC(CC(C)C)C(O)CC(=O)N[C@@H](CC(=O)O)C(=O)N[C@@H](C)C(=O)N[C@@H](CCC(=O)O)C(=O)N[C@@H](C)C(=O)O. The number of carboxylic acids is 3. The van der Waals surface area contributed by atoms with Crippen LogP contribution in [0, 0.1) is 11.8 Å². The molecular formula is C35H59N7O14S. The van der Waals surface area contributed by atoms with Crippen molar-refractivity contribution in [2.45, 2.75) is 135 Å². The highest BCUT2D eigenvalue weighted by atomic mass is 32.2. The molecule has 11 N–H and O–H groups in total. The molecule has 0 saturated heterocycles. The van der Waals surface area contributed by atoms with Crippen LogP contribution in [0.25, 0.3) is 0 Å². The Kier molecular flexibility index (Phi) is 23.7. The molecule has 0 aliphatic heterocycles. The molecule has 0 aromatic rings. The van der Waals surface area contributed by atoms with Crippen molar-refractivity contribution >= 4 is 71.0 Å². The zero-order valence-corrected chi connectivity index (χ0v) is 34.3. The molecule has 0 aliphatic carbocycles. The average Bonchev–Trinajstić information content (AvgIpc) is 3.08. The number of rotatable bonds is 27. The van der Waals surface area contributed by atoms with Crippen LogP contribution >= 0.6 is 11.8 Å². The van der Waals surface area contributed by atoms with Crippen molar-refractivity contribution in [1.82, 2.24) is 37.2 Å². The summed E-state index contributed by atoms with van der Waals surface area (Å²) in [4.78, 5) is 124. The first-order valence-electron chi connectivity index (χ1n) is 18.3. The van der Waals surface area contributed by atoms with Crippen molar-refractivity contribution in [1.29, 1.82) is 0 Å². The number of aliphatic hydroxyl groups is 1. The first kappa shape index (κ1) is 52.0. The number of aliphatic carboxylic acids is 3. The van der Waals surface area contributed by atoms with Gasteiger partial charge in [-0.2, -0.15) is 11.8 Å². The van der Waals surface area contributed by atoms with E-state index in [9.17, 15) is 58.2 Å². The lowest BCUT2D eigenvalue weighted by molar-refractivity contribution is -0.142. The van der Waals surface area contributed by atoms with Crippen LogP contribution in [0.5, 0.6) is 0 Å². The molecule has 0 saturated carbocycles. The number of nitrogens with one attached hydrogen (secondary N) is 7. The Bertz CT molecular complexity index is 1450. The Hall–Kier alpha value is -4.99. The summed E-state index contributed by atoms with van der Waals surface area (Å²) < 4.78 is 0. The summed E-state index contributed by atoms with van der Waals surface area (Å²) in [5.74, 6) is -10.1. The maximum absolute atomic E-state index is 13.5. The van der Waals surface area contributed by atoms with Crippen LogP contribution in [0.1, 0.15) is 87.0 Å². The van der Waals surface area contributed by atoms with Crippen LogP contribution in [0.4, 0.5) is 0 Å². The van der Waals surface area contributed by atoms with Crippen molar-refractivity contribution in [2.75, 3.05) is 12.0 Å². The van der Waals surface area contributed by atoms with E-state index in [0.29, 0.717) is 5.75 Å². The van der Waals surface area contributed by atoms with E-state index >= 15 is 0 Å². The molecule has 2 unspecified atom stereocenters. The molecule has 8 atom stereocenters. The minimum absolute atomic E-state index is 0.120.